The van der Waals surface area contributed by atoms with Crippen molar-refractivity contribution in [2.45, 2.75) is 21.7 Å². The molecule has 0 unspecified atom stereocenters. The predicted octanol–water partition coefficient (Wildman–Crippen LogP) is 32.5. The lowest BCUT2D eigenvalue weighted by Gasteiger charge is -2.48. The second-order valence-corrected chi connectivity index (χ2v) is 37.7. The average Bonchev–Trinajstić information content (AvgIpc) is 1.49. The molecule has 22 aromatic carbocycles. The Morgan fingerprint density at radius 2 is 0.419 bits per heavy atom. The summed E-state index contributed by atoms with van der Waals surface area (Å²) >= 11 is 0. The smallest absolute Gasteiger partial charge is 0.0720 e. The highest BCUT2D eigenvalue weighted by Gasteiger charge is 2.62. The molecule has 25 aromatic rings. The molecule has 4 heteroatoms. The lowest BCUT2D eigenvalue weighted by Crippen LogP contribution is -2.43. The van der Waals surface area contributed by atoms with E-state index in [1.807, 2.05) is 0 Å². The fraction of sp³-hybridized carbons (Fsp3) is 0.0303. The zero-order valence-electron chi connectivity index (χ0n) is 74.1. The molecule has 0 atom stereocenters. The van der Waals surface area contributed by atoms with Gasteiger partial charge >= 0.3 is 0 Å². The SMILES string of the molecule is c1ccc(-n2c3ccccc3c3cc(-n4c5c6c(ccc5c5ccc7ccccc7c54)C4(c5ccccc5-6)c5ccccc5C5(c6ccccc6-c6ccccc65)c5ccccc54)ccc32)cc1.c1ccc(N(c2ccccc2)c2ccc(-n3c4c5c(ccc4c4ccc6ccccc6c43)C3(c4ccccc4-5)c4ccccc4C4(c5ccccc5-c5ccccc54)c4ccccc43)cc2)cc1. The molecular formula is C132H82N4. The van der Waals surface area contributed by atoms with E-state index in [0.29, 0.717) is 0 Å². The molecule has 3 aromatic heterocycles. The van der Waals surface area contributed by atoms with Crippen LogP contribution in [-0.4, -0.2) is 13.7 Å². The third-order valence-electron chi connectivity index (χ3n) is 31.8. The van der Waals surface area contributed by atoms with Crippen LogP contribution < -0.4 is 4.90 Å². The molecule has 0 saturated heterocycles. The lowest BCUT2D eigenvalue weighted by molar-refractivity contribution is 0.633. The molecular weight excluding hydrogens is 1640 g/mol. The summed E-state index contributed by atoms with van der Waals surface area (Å²) < 4.78 is 7.63. The van der Waals surface area contributed by atoms with E-state index in [-0.39, 0.29) is 0 Å². The number of benzene rings is 22. The van der Waals surface area contributed by atoms with Crippen LogP contribution in [0.4, 0.5) is 17.1 Å². The second kappa shape index (κ2) is 28.1. The van der Waals surface area contributed by atoms with Gasteiger partial charge in [0.25, 0.3) is 0 Å². The summed E-state index contributed by atoms with van der Waals surface area (Å²) in [7, 11) is 0. The molecule has 6 aliphatic carbocycles. The van der Waals surface area contributed by atoms with Gasteiger partial charge in [0.05, 0.1) is 54.8 Å². The number of hydrogen-bond donors (Lipinski definition) is 0. The first-order chi connectivity index (χ1) is 67.5. The first-order valence-electron chi connectivity index (χ1n) is 47.6. The topological polar surface area (TPSA) is 18.0 Å². The van der Waals surface area contributed by atoms with Crippen LogP contribution in [0.2, 0.25) is 0 Å². The number of fused-ring (bicyclic) bond motifs is 47. The van der Waals surface area contributed by atoms with Gasteiger partial charge in [0.2, 0.25) is 0 Å². The fourth-order valence-electron chi connectivity index (χ4n) is 27.0. The zero-order valence-corrected chi connectivity index (χ0v) is 74.1. The molecule has 630 valence electrons. The highest BCUT2D eigenvalue weighted by molar-refractivity contribution is 6.25. The highest BCUT2D eigenvalue weighted by atomic mass is 15.1. The van der Waals surface area contributed by atoms with Crippen molar-refractivity contribution in [1.29, 1.82) is 0 Å². The van der Waals surface area contributed by atoms with E-state index in [1.54, 1.807) is 0 Å². The van der Waals surface area contributed by atoms with E-state index >= 15 is 0 Å². The van der Waals surface area contributed by atoms with Crippen LogP contribution in [0.3, 0.4) is 0 Å². The van der Waals surface area contributed by atoms with Crippen molar-refractivity contribution < 1.29 is 0 Å². The van der Waals surface area contributed by atoms with Gasteiger partial charge in [-0.15, -0.1) is 0 Å². The van der Waals surface area contributed by atoms with Crippen molar-refractivity contribution >= 4 is 104 Å². The summed E-state index contributed by atoms with van der Waals surface area (Å²) in [6, 6.07) is 187. The van der Waals surface area contributed by atoms with Gasteiger partial charge in [-0.05, 0) is 218 Å². The molecule has 4 nitrogen and oxygen atoms in total. The Labute approximate surface area is 786 Å². The predicted molar refractivity (Wildman–Crippen MR) is 562 cm³/mol. The third kappa shape index (κ3) is 9.51. The standard InChI is InChI=1S/C66H40N2.C66H42N2/c1-2-19-42(20-3-1)67-60-33-17-9-24-47(60)51-40-43(35-39-61(51)67)68-63-44-21-5-4-18-41(44)34-36-48(63)49-37-38-59-62(64(49)68)50-25-8-12-28-54(50)66(59)57-31-15-13-29-55(57)65(56-30-14-16-32-58(56)66)52-26-10-6-22-45(52)46-23-7-11-27-53(46)65;1-3-20-44(21-4-1)67(45-22-5-2-6-23-45)46-36-38-47(39-37-46)68-63-48-24-8-7-19-43(48)35-40-51(63)52-41-42-61-62(64(52)68)53-27-11-14-30-56(53)66(61)59-33-17-15-31-57(59)65(58-32-16-18-34-60(58)66)54-28-12-9-25-49(54)50-26-10-13-29-55(50)65/h1-40H;1-42H. The minimum Gasteiger partial charge on any atom is -0.311 e. The van der Waals surface area contributed by atoms with Crippen molar-refractivity contribution in [3.63, 3.8) is 0 Å². The molecule has 0 bridgehead atoms. The van der Waals surface area contributed by atoms with E-state index in [0.717, 1.165) is 34.1 Å². The fourth-order valence-corrected chi connectivity index (χ4v) is 27.0. The third-order valence-corrected chi connectivity index (χ3v) is 31.8. The maximum atomic E-state index is 2.63. The van der Waals surface area contributed by atoms with Crippen molar-refractivity contribution in [3.05, 3.63) is 586 Å². The maximum Gasteiger partial charge on any atom is 0.0720 e. The highest BCUT2D eigenvalue weighted by Crippen LogP contribution is 2.71. The first kappa shape index (κ1) is 75.3. The summed E-state index contributed by atoms with van der Waals surface area (Å²) in [6.07, 6.45) is 0. The molecule has 0 aliphatic heterocycles. The van der Waals surface area contributed by atoms with Crippen LogP contribution in [0.25, 0.3) is 149 Å². The van der Waals surface area contributed by atoms with Gasteiger partial charge < -0.3 is 18.6 Å². The molecule has 3 heterocycles. The van der Waals surface area contributed by atoms with E-state index < -0.39 is 21.7 Å². The quantitative estimate of drug-likeness (QED) is 0.162. The van der Waals surface area contributed by atoms with Crippen LogP contribution in [-0.2, 0) is 21.7 Å². The largest absolute Gasteiger partial charge is 0.311 e. The van der Waals surface area contributed by atoms with E-state index in [4.69, 9.17) is 0 Å². The number of rotatable bonds is 6. The minimum atomic E-state index is -0.596. The van der Waals surface area contributed by atoms with Crippen molar-refractivity contribution in [3.8, 4) is 61.6 Å². The molecule has 0 fully saturated rings. The van der Waals surface area contributed by atoms with E-state index in [9.17, 15) is 0 Å². The maximum absolute atomic E-state index is 2.63. The van der Waals surface area contributed by atoms with Crippen LogP contribution in [0, 0.1) is 0 Å². The Bertz CT molecular complexity index is 9220. The molecule has 0 N–H and O–H groups in total. The monoisotopic (exact) mass is 1720 g/mol. The normalized spacial score (nSPS) is 14.3. The summed E-state index contributed by atoms with van der Waals surface area (Å²) in [5.41, 5.74) is 43.9. The van der Waals surface area contributed by atoms with Crippen molar-refractivity contribution in [2.75, 3.05) is 4.90 Å². The van der Waals surface area contributed by atoms with Crippen LogP contribution >= 0.6 is 0 Å². The summed E-state index contributed by atoms with van der Waals surface area (Å²) in [6.45, 7) is 0. The van der Waals surface area contributed by atoms with Crippen molar-refractivity contribution in [2.24, 2.45) is 0 Å². The number of hydrogen-bond acceptors (Lipinski definition) is 1. The van der Waals surface area contributed by atoms with Crippen LogP contribution in [0.1, 0.15) is 89.0 Å². The summed E-state index contributed by atoms with van der Waals surface area (Å²) in [5, 5.41) is 12.4. The van der Waals surface area contributed by atoms with Gasteiger partial charge in [-0.3, -0.25) is 0 Å². The van der Waals surface area contributed by atoms with Gasteiger partial charge in [-0.1, -0.05) is 413 Å². The average molecular weight is 1720 g/mol. The van der Waals surface area contributed by atoms with Gasteiger partial charge in [-0.25, -0.2) is 0 Å². The van der Waals surface area contributed by atoms with Gasteiger partial charge in [-0.2, -0.15) is 0 Å². The van der Waals surface area contributed by atoms with E-state index in [2.05, 4.69) is 516 Å². The Morgan fingerprint density at radius 1 is 0.147 bits per heavy atom. The number of aromatic nitrogens is 3. The molecule has 31 rings (SSSR count). The number of anilines is 3. The summed E-state index contributed by atoms with van der Waals surface area (Å²) in [4.78, 5) is 2.34. The Balaban J connectivity index is 0.000000129. The Kier molecular flexibility index (Phi) is 15.5. The van der Waals surface area contributed by atoms with Crippen LogP contribution in [0.5, 0.6) is 0 Å². The molecule has 6 aliphatic rings. The van der Waals surface area contributed by atoms with Gasteiger partial charge in [0, 0.05) is 88.3 Å². The Hall–Kier alpha value is -17.4. The second-order valence-electron chi connectivity index (χ2n) is 37.7. The zero-order chi connectivity index (χ0) is 88.9. The lowest BCUT2D eigenvalue weighted by atomic mass is 9.52. The molecule has 136 heavy (non-hydrogen) atoms. The minimum absolute atomic E-state index is 0.490. The summed E-state index contributed by atoms with van der Waals surface area (Å²) in [5.74, 6) is 0. The Morgan fingerprint density at radius 3 is 0.824 bits per heavy atom. The number of nitrogens with zero attached hydrogens (tertiary/aromatic N) is 4. The van der Waals surface area contributed by atoms with Gasteiger partial charge in [0.1, 0.15) is 0 Å². The molecule has 0 radical (unpaired) electrons. The molecule has 4 spiro atoms. The first-order valence-corrected chi connectivity index (χ1v) is 47.6. The van der Waals surface area contributed by atoms with Crippen LogP contribution in [0.15, 0.2) is 497 Å². The van der Waals surface area contributed by atoms with E-state index in [1.165, 1.54) is 220 Å². The molecule has 0 saturated carbocycles. The van der Waals surface area contributed by atoms with Gasteiger partial charge in [0.15, 0.2) is 0 Å². The van der Waals surface area contributed by atoms with Crippen molar-refractivity contribution in [1.82, 2.24) is 13.7 Å². The number of para-hydroxylation sites is 4. The molecule has 0 amide bonds.